The molecular weight excluding hydrogens is 466 g/mol. The van der Waals surface area contributed by atoms with Gasteiger partial charge in [0.1, 0.15) is 5.82 Å². The first-order valence-electron chi connectivity index (χ1n) is 13.0. The quantitative estimate of drug-likeness (QED) is 0.450. The molecule has 0 spiro atoms. The van der Waals surface area contributed by atoms with E-state index in [0.717, 1.165) is 72.2 Å². The highest BCUT2D eigenvalue weighted by Crippen LogP contribution is 2.34. The van der Waals surface area contributed by atoms with Gasteiger partial charge in [-0.15, -0.1) is 0 Å². The molecule has 1 saturated carbocycles. The third-order valence-electron chi connectivity index (χ3n) is 7.31. The molecule has 2 heterocycles. The average molecular weight is 502 g/mol. The molecule has 5 rings (SSSR count). The van der Waals surface area contributed by atoms with Crippen LogP contribution in [0.1, 0.15) is 42.4 Å². The van der Waals surface area contributed by atoms with E-state index in [0.29, 0.717) is 18.0 Å². The summed E-state index contributed by atoms with van der Waals surface area (Å²) < 4.78 is 10.7. The van der Waals surface area contributed by atoms with Crippen molar-refractivity contribution in [2.45, 2.75) is 51.3 Å². The number of carbonyl (C=O) groups is 1. The molecule has 1 aliphatic carbocycles. The summed E-state index contributed by atoms with van der Waals surface area (Å²) in [7, 11) is 3.21. The highest BCUT2D eigenvalue weighted by Gasteiger charge is 2.33. The summed E-state index contributed by atoms with van der Waals surface area (Å²) in [6, 6.07) is 14.3. The molecule has 37 heavy (non-hydrogen) atoms. The van der Waals surface area contributed by atoms with Gasteiger partial charge in [-0.2, -0.15) is 0 Å². The van der Waals surface area contributed by atoms with Crippen LogP contribution in [0.25, 0.3) is 17.0 Å². The van der Waals surface area contributed by atoms with Crippen LogP contribution in [0.3, 0.4) is 0 Å². The first-order valence-corrected chi connectivity index (χ1v) is 13.0. The van der Waals surface area contributed by atoms with E-state index in [9.17, 15) is 9.90 Å². The highest BCUT2D eigenvalue weighted by molar-refractivity contribution is 5.92. The minimum atomic E-state index is -0.256. The fourth-order valence-electron chi connectivity index (χ4n) is 5.03. The molecule has 2 aliphatic rings. The Kier molecular flexibility index (Phi) is 7.33. The number of aryl methyl sites for hydroxylation is 1. The van der Waals surface area contributed by atoms with Gasteiger partial charge in [0.05, 0.1) is 25.8 Å². The molecule has 3 aromatic rings. The maximum atomic E-state index is 13.4. The summed E-state index contributed by atoms with van der Waals surface area (Å²) in [4.78, 5) is 22.8. The third kappa shape index (κ3) is 5.57. The summed E-state index contributed by atoms with van der Waals surface area (Å²) in [5.74, 6) is 2.20. The van der Waals surface area contributed by atoms with Crippen molar-refractivity contribution in [3.05, 3.63) is 65.2 Å². The second kappa shape index (κ2) is 10.8. The molecule has 0 radical (unpaired) electrons. The lowest BCUT2D eigenvalue weighted by Crippen LogP contribution is -2.38. The van der Waals surface area contributed by atoms with Crippen molar-refractivity contribution < 1.29 is 19.4 Å². The van der Waals surface area contributed by atoms with Crippen LogP contribution in [-0.4, -0.2) is 60.4 Å². The van der Waals surface area contributed by atoms with Crippen molar-refractivity contribution in [3.8, 4) is 11.5 Å². The van der Waals surface area contributed by atoms with E-state index in [4.69, 9.17) is 14.5 Å². The molecule has 1 aliphatic heterocycles. The van der Waals surface area contributed by atoms with E-state index in [-0.39, 0.29) is 18.1 Å². The fraction of sp³-hybridized carbons (Fsp3) is 0.400. The highest BCUT2D eigenvalue weighted by atomic mass is 16.5. The number of amides is 1. The lowest BCUT2D eigenvalue weighted by Gasteiger charge is -2.33. The predicted octanol–water partition coefficient (Wildman–Crippen LogP) is 4.73. The Balaban J connectivity index is 1.44. The number of carbonyl (C=O) groups excluding carboxylic acids is 1. The maximum absolute atomic E-state index is 13.4. The number of fused-ring (bicyclic) bond motifs is 1. The normalized spacial score (nSPS) is 16.4. The molecule has 1 aromatic heterocycles. The minimum Gasteiger partial charge on any atom is -0.493 e. The van der Waals surface area contributed by atoms with E-state index in [1.807, 2.05) is 29.2 Å². The van der Waals surface area contributed by atoms with Crippen molar-refractivity contribution in [2.75, 3.05) is 32.2 Å². The van der Waals surface area contributed by atoms with E-state index in [1.54, 1.807) is 20.3 Å². The van der Waals surface area contributed by atoms with Gasteiger partial charge in [-0.05, 0) is 68.0 Å². The topological polar surface area (TPSA) is 75.1 Å². The largest absolute Gasteiger partial charge is 0.493 e. The number of aliphatic hydroxyl groups excluding tert-OH is 1. The number of aliphatic hydroxyl groups is 1. The summed E-state index contributed by atoms with van der Waals surface area (Å²) >= 11 is 0. The number of piperidine rings is 1. The molecule has 0 atom stereocenters. The molecule has 1 saturated heterocycles. The lowest BCUT2D eigenvalue weighted by molar-refractivity contribution is -0.127. The van der Waals surface area contributed by atoms with Crippen molar-refractivity contribution >= 4 is 28.7 Å². The summed E-state index contributed by atoms with van der Waals surface area (Å²) in [6.45, 7) is 4.10. The fourth-order valence-corrected chi connectivity index (χ4v) is 5.03. The maximum Gasteiger partial charge on any atom is 0.247 e. The van der Waals surface area contributed by atoms with Gasteiger partial charge in [-0.3, -0.25) is 4.79 Å². The minimum absolute atomic E-state index is 0.0124. The zero-order chi connectivity index (χ0) is 25.9. The number of benzene rings is 2. The Bertz CT molecular complexity index is 1310. The average Bonchev–Trinajstić information content (AvgIpc) is 3.76. The molecule has 7 nitrogen and oxygen atoms in total. The Morgan fingerprint density at radius 2 is 1.84 bits per heavy atom. The van der Waals surface area contributed by atoms with Crippen LogP contribution < -0.4 is 14.4 Å². The molecule has 2 fully saturated rings. The van der Waals surface area contributed by atoms with E-state index >= 15 is 0 Å². The van der Waals surface area contributed by atoms with Crippen LogP contribution in [0, 0.1) is 6.92 Å². The molecule has 7 heteroatoms. The first kappa shape index (κ1) is 25.1. The zero-order valence-electron chi connectivity index (χ0n) is 21.8. The number of anilines is 1. The van der Waals surface area contributed by atoms with Gasteiger partial charge in [0, 0.05) is 42.7 Å². The molecule has 0 bridgehead atoms. The Labute approximate surface area is 218 Å². The van der Waals surface area contributed by atoms with Crippen LogP contribution in [0.4, 0.5) is 5.82 Å². The van der Waals surface area contributed by atoms with Crippen molar-refractivity contribution in [1.29, 1.82) is 0 Å². The van der Waals surface area contributed by atoms with Gasteiger partial charge >= 0.3 is 0 Å². The second-order valence-corrected chi connectivity index (χ2v) is 9.98. The molecular formula is C30H35N3O4. The van der Waals surface area contributed by atoms with Crippen molar-refractivity contribution in [2.24, 2.45) is 0 Å². The van der Waals surface area contributed by atoms with Crippen LogP contribution in [0.15, 0.2) is 48.5 Å². The van der Waals surface area contributed by atoms with Crippen LogP contribution in [0.5, 0.6) is 11.5 Å². The number of nitrogens with zero attached hydrogens (tertiary/aromatic N) is 3. The summed E-state index contributed by atoms with van der Waals surface area (Å²) in [5, 5.41) is 11.1. The lowest BCUT2D eigenvalue weighted by atomic mass is 10.0. The smallest absolute Gasteiger partial charge is 0.247 e. The number of para-hydroxylation sites is 1. The molecule has 194 valence electrons. The number of ether oxygens (including phenoxy) is 2. The molecule has 0 unspecified atom stereocenters. The number of rotatable bonds is 8. The predicted molar refractivity (Wildman–Crippen MR) is 146 cm³/mol. The Morgan fingerprint density at radius 3 is 2.54 bits per heavy atom. The monoisotopic (exact) mass is 501 g/mol. The van der Waals surface area contributed by atoms with Crippen molar-refractivity contribution in [1.82, 2.24) is 9.88 Å². The third-order valence-corrected chi connectivity index (χ3v) is 7.31. The summed E-state index contributed by atoms with van der Waals surface area (Å²) in [6.07, 6.45) is 6.71. The first-order chi connectivity index (χ1) is 18.0. The molecule has 2 aromatic carbocycles. The van der Waals surface area contributed by atoms with E-state index < -0.39 is 0 Å². The molecule has 1 amide bonds. The van der Waals surface area contributed by atoms with Gasteiger partial charge in [0.15, 0.2) is 11.5 Å². The van der Waals surface area contributed by atoms with Gasteiger partial charge in [-0.25, -0.2) is 4.98 Å². The Hall–Kier alpha value is -3.58. The second-order valence-electron chi connectivity index (χ2n) is 9.98. The number of pyridine rings is 1. The van der Waals surface area contributed by atoms with Crippen LogP contribution in [0.2, 0.25) is 0 Å². The van der Waals surface area contributed by atoms with Gasteiger partial charge in [-0.1, -0.05) is 24.3 Å². The van der Waals surface area contributed by atoms with Crippen molar-refractivity contribution in [3.63, 3.8) is 0 Å². The van der Waals surface area contributed by atoms with Gasteiger partial charge < -0.3 is 24.4 Å². The van der Waals surface area contributed by atoms with Gasteiger partial charge in [0.2, 0.25) is 5.91 Å². The standard InChI is InChI=1S/C30H35N3O4/c1-20-5-4-6-22-18-23(30(31-29(20)22)32-15-13-25(34)14-16-32)19-33(24-9-10-24)28(35)12-8-21-7-11-26(36-2)27(17-21)37-3/h4-8,11-12,17-18,24-25,34H,9-10,13-16,19H2,1-3H3. The number of hydrogen-bond donors (Lipinski definition) is 1. The summed E-state index contributed by atoms with van der Waals surface area (Å²) in [5.41, 5.74) is 4.05. The van der Waals surface area contributed by atoms with E-state index in [2.05, 4.69) is 36.1 Å². The van der Waals surface area contributed by atoms with E-state index in [1.165, 1.54) is 0 Å². The zero-order valence-corrected chi connectivity index (χ0v) is 21.8. The van der Waals surface area contributed by atoms with Gasteiger partial charge in [0.25, 0.3) is 0 Å². The van der Waals surface area contributed by atoms with Crippen LogP contribution in [-0.2, 0) is 11.3 Å². The van der Waals surface area contributed by atoms with Crippen LogP contribution >= 0.6 is 0 Å². The number of methoxy groups -OCH3 is 2. The Morgan fingerprint density at radius 1 is 1.08 bits per heavy atom. The number of aromatic nitrogens is 1. The molecule has 1 N–H and O–H groups in total. The number of hydrogen-bond acceptors (Lipinski definition) is 6. The SMILES string of the molecule is COc1ccc(C=CC(=O)N(Cc2cc3cccc(C)c3nc2N2CCC(O)CC2)C2CC2)cc1OC.